The normalized spacial score (nSPS) is 11.1. The van der Waals surface area contributed by atoms with Crippen molar-refractivity contribution in [3.05, 3.63) is 35.1 Å². The molecule has 82 valence electrons. The molecule has 0 spiro atoms. The van der Waals surface area contributed by atoms with Gasteiger partial charge in [0, 0.05) is 5.56 Å². The second-order valence-electron chi connectivity index (χ2n) is 3.56. The molecule has 0 saturated heterocycles. The zero-order valence-corrected chi connectivity index (χ0v) is 8.43. The summed E-state index contributed by atoms with van der Waals surface area (Å²) in [5.74, 6) is -1.89. The van der Waals surface area contributed by atoms with E-state index in [1.807, 2.05) is 0 Å². The van der Waals surface area contributed by atoms with Gasteiger partial charge in [-0.15, -0.1) is 0 Å². The highest BCUT2D eigenvalue weighted by Gasteiger charge is 2.19. The summed E-state index contributed by atoms with van der Waals surface area (Å²) in [6.07, 6.45) is -3.05. The van der Waals surface area contributed by atoms with Gasteiger partial charge >= 0.3 is 6.43 Å². The fraction of sp³-hybridized carbons (Fsp3) is 0.364. The Morgan fingerprint density at radius 3 is 2.33 bits per heavy atom. The highest BCUT2D eigenvalue weighted by atomic mass is 19.3. The summed E-state index contributed by atoms with van der Waals surface area (Å²) in [6.45, 7) is 3.46. The van der Waals surface area contributed by atoms with Crippen molar-refractivity contribution in [1.82, 2.24) is 0 Å². The van der Waals surface area contributed by atoms with E-state index in [0.29, 0.717) is 0 Å². The van der Waals surface area contributed by atoms with Crippen LogP contribution in [0.2, 0.25) is 0 Å². The molecule has 4 heteroatoms. The molecule has 0 unspecified atom stereocenters. The maximum absolute atomic E-state index is 13.2. The molecule has 0 saturated carbocycles. The Morgan fingerprint density at radius 2 is 1.87 bits per heavy atom. The van der Waals surface area contributed by atoms with Crippen LogP contribution in [-0.2, 0) is 0 Å². The third-order valence-electron chi connectivity index (χ3n) is 2.10. The lowest BCUT2D eigenvalue weighted by Crippen LogP contribution is -2.11. The van der Waals surface area contributed by atoms with Gasteiger partial charge in [0.15, 0.2) is 0 Å². The van der Waals surface area contributed by atoms with Gasteiger partial charge in [0.25, 0.3) is 0 Å². The van der Waals surface area contributed by atoms with Crippen molar-refractivity contribution in [1.29, 1.82) is 0 Å². The van der Waals surface area contributed by atoms with Crippen molar-refractivity contribution in [2.45, 2.75) is 26.2 Å². The number of hydrogen-bond donors (Lipinski definition) is 0. The van der Waals surface area contributed by atoms with Gasteiger partial charge in [-0.3, -0.25) is 4.79 Å². The fourth-order valence-electron chi connectivity index (χ4n) is 1.27. The predicted octanol–water partition coefficient (Wildman–Crippen LogP) is 3.40. The lowest BCUT2D eigenvalue weighted by atomic mass is 9.99. The van der Waals surface area contributed by atoms with Crippen molar-refractivity contribution in [2.24, 2.45) is 0 Å². The van der Waals surface area contributed by atoms with Gasteiger partial charge in [-0.25, -0.2) is 13.2 Å². The first-order valence-corrected chi connectivity index (χ1v) is 4.55. The molecule has 0 atom stereocenters. The number of alkyl halides is 2. The quantitative estimate of drug-likeness (QED) is 0.708. The Morgan fingerprint density at radius 1 is 1.27 bits per heavy atom. The van der Waals surface area contributed by atoms with Crippen LogP contribution in [0.4, 0.5) is 13.2 Å². The molecule has 0 radical (unpaired) electrons. The summed E-state index contributed by atoms with van der Waals surface area (Å²) >= 11 is 0. The molecule has 0 aliphatic carbocycles. The Balaban J connectivity index is 3.13. The summed E-state index contributed by atoms with van der Waals surface area (Å²) in [7, 11) is 0. The number of halogens is 3. The first-order chi connectivity index (χ1) is 6.93. The standard InChI is InChI=1S/C11H11F3O/c1-6(2)8-5-7(3-4-9(8)12)10(15)11(13)14/h3-6,11H,1-2H3. The zero-order chi connectivity index (χ0) is 11.6. The smallest absolute Gasteiger partial charge is 0.288 e. The van der Waals surface area contributed by atoms with Crippen LogP contribution in [0, 0.1) is 5.82 Å². The van der Waals surface area contributed by atoms with Crippen LogP contribution in [-0.4, -0.2) is 12.2 Å². The number of hydrogen-bond acceptors (Lipinski definition) is 1. The highest BCUT2D eigenvalue weighted by molar-refractivity contribution is 5.98. The van der Waals surface area contributed by atoms with E-state index in [2.05, 4.69) is 0 Å². The Bertz CT molecular complexity index is 372. The lowest BCUT2D eigenvalue weighted by Gasteiger charge is -2.08. The van der Waals surface area contributed by atoms with Gasteiger partial charge in [-0.1, -0.05) is 13.8 Å². The molecular formula is C11H11F3O. The molecule has 0 amide bonds. The molecule has 1 nitrogen and oxygen atoms in total. The average Bonchev–Trinajstić information content (AvgIpc) is 2.16. The molecule has 1 aromatic carbocycles. The number of carbonyl (C=O) groups excluding carboxylic acids is 1. The number of Topliss-reactive ketones (excluding diaryl/α,β-unsaturated/α-hetero) is 1. The van der Waals surface area contributed by atoms with Crippen molar-refractivity contribution >= 4 is 5.78 Å². The number of benzene rings is 1. The fourth-order valence-corrected chi connectivity index (χ4v) is 1.27. The van der Waals surface area contributed by atoms with E-state index < -0.39 is 18.0 Å². The van der Waals surface area contributed by atoms with Crippen LogP contribution in [0.15, 0.2) is 18.2 Å². The largest absolute Gasteiger partial charge is 0.300 e. The van der Waals surface area contributed by atoms with E-state index >= 15 is 0 Å². The molecule has 0 heterocycles. The number of rotatable bonds is 3. The van der Waals surface area contributed by atoms with E-state index in [9.17, 15) is 18.0 Å². The van der Waals surface area contributed by atoms with E-state index in [4.69, 9.17) is 0 Å². The number of carbonyl (C=O) groups is 1. The predicted molar refractivity (Wildman–Crippen MR) is 50.8 cm³/mol. The summed E-state index contributed by atoms with van der Waals surface area (Å²) < 4.78 is 37.4. The van der Waals surface area contributed by atoms with E-state index in [0.717, 1.165) is 12.1 Å². The third-order valence-corrected chi connectivity index (χ3v) is 2.10. The first kappa shape index (κ1) is 11.8. The number of ketones is 1. The second kappa shape index (κ2) is 4.47. The minimum absolute atomic E-state index is 0.143. The Hall–Kier alpha value is -1.32. The highest BCUT2D eigenvalue weighted by Crippen LogP contribution is 2.21. The van der Waals surface area contributed by atoms with E-state index in [1.54, 1.807) is 13.8 Å². The van der Waals surface area contributed by atoms with Crippen LogP contribution in [0.25, 0.3) is 0 Å². The van der Waals surface area contributed by atoms with Crippen LogP contribution in [0.5, 0.6) is 0 Å². The SMILES string of the molecule is CC(C)c1cc(C(=O)C(F)F)ccc1F. The van der Waals surface area contributed by atoms with Crippen molar-refractivity contribution in [3.8, 4) is 0 Å². The summed E-state index contributed by atoms with van der Waals surface area (Å²) in [5, 5.41) is 0. The second-order valence-corrected chi connectivity index (χ2v) is 3.56. The first-order valence-electron chi connectivity index (χ1n) is 4.55. The third kappa shape index (κ3) is 2.58. The van der Waals surface area contributed by atoms with Gasteiger partial charge in [0.2, 0.25) is 5.78 Å². The monoisotopic (exact) mass is 216 g/mol. The topological polar surface area (TPSA) is 17.1 Å². The maximum atomic E-state index is 13.2. The minimum Gasteiger partial charge on any atom is -0.288 e. The lowest BCUT2D eigenvalue weighted by molar-refractivity contribution is 0.0678. The summed E-state index contributed by atoms with van der Waals surface area (Å²) in [4.78, 5) is 11.0. The summed E-state index contributed by atoms with van der Waals surface area (Å²) in [5.41, 5.74) is 0.136. The molecule has 1 rings (SSSR count). The summed E-state index contributed by atoms with van der Waals surface area (Å²) in [6, 6.07) is 3.31. The molecule has 0 aromatic heterocycles. The van der Waals surface area contributed by atoms with Gasteiger partial charge in [0.1, 0.15) is 5.82 Å². The van der Waals surface area contributed by atoms with Crippen molar-refractivity contribution in [2.75, 3.05) is 0 Å². The minimum atomic E-state index is -3.05. The van der Waals surface area contributed by atoms with Crippen LogP contribution in [0.3, 0.4) is 0 Å². The van der Waals surface area contributed by atoms with Gasteiger partial charge in [0.05, 0.1) is 0 Å². The molecule has 0 fully saturated rings. The van der Waals surface area contributed by atoms with Gasteiger partial charge < -0.3 is 0 Å². The maximum Gasteiger partial charge on any atom is 0.300 e. The van der Waals surface area contributed by atoms with E-state index in [-0.39, 0.29) is 17.0 Å². The molecule has 0 aliphatic rings. The zero-order valence-electron chi connectivity index (χ0n) is 8.43. The molecule has 0 aliphatic heterocycles. The molecule has 1 aromatic rings. The van der Waals surface area contributed by atoms with Crippen molar-refractivity contribution < 1.29 is 18.0 Å². The molecule has 0 N–H and O–H groups in total. The van der Waals surface area contributed by atoms with Gasteiger partial charge in [-0.2, -0.15) is 0 Å². The molecular weight excluding hydrogens is 205 g/mol. The molecule has 15 heavy (non-hydrogen) atoms. The Labute approximate surface area is 85.9 Å². The van der Waals surface area contributed by atoms with Crippen LogP contribution in [0.1, 0.15) is 35.7 Å². The Kier molecular flexibility index (Phi) is 3.50. The van der Waals surface area contributed by atoms with E-state index in [1.165, 1.54) is 6.07 Å². The van der Waals surface area contributed by atoms with Crippen LogP contribution >= 0.6 is 0 Å². The average molecular weight is 216 g/mol. The molecule has 0 bridgehead atoms. The van der Waals surface area contributed by atoms with Crippen LogP contribution < -0.4 is 0 Å². The van der Waals surface area contributed by atoms with Crippen molar-refractivity contribution in [3.63, 3.8) is 0 Å². The van der Waals surface area contributed by atoms with Gasteiger partial charge in [-0.05, 0) is 29.7 Å².